The number of alkyl halides is 3. The summed E-state index contributed by atoms with van der Waals surface area (Å²) in [5.74, 6) is -1.75. The number of aromatic nitrogens is 2. The van der Waals surface area contributed by atoms with Crippen molar-refractivity contribution in [1.82, 2.24) is 24.9 Å². The van der Waals surface area contributed by atoms with Gasteiger partial charge in [-0.05, 0) is 24.5 Å². The van der Waals surface area contributed by atoms with Gasteiger partial charge in [0.25, 0.3) is 6.43 Å². The number of aryl methyl sites for hydroxylation is 1. The molecule has 3 heterocycles. The molecule has 1 N–H and O–H groups in total. The van der Waals surface area contributed by atoms with Gasteiger partial charge >= 0.3 is 0 Å². The smallest absolute Gasteiger partial charge is 0.280 e. The van der Waals surface area contributed by atoms with Crippen LogP contribution in [-0.4, -0.2) is 63.2 Å². The molecule has 1 aromatic carbocycles. The summed E-state index contributed by atoms with van der Waals surface area (Å²) < 4.78 is 57.5. The third kappa shape index (κ3) is 6.02. The zero-order valence-corrected chi connectivity index (χ0v) is 22.3. The van der Waals surface area contributed by atoms with Crippen molar-refractivity contribution < 1.29 is 27.2 Å². The van der Waals surface area contributed by atoms with Crippen LogP contribution in [0, 0.1) is 12.8 Å². The van der Waals surface area contributed by atoms with Crippen molar-refractivity contribution in [2.75, 3.05) is 13.6 Å². The molecule has 4 atom stereocenters. The number of halogens is 4. The van der Waals surface area contributed by atoms with Crippen molar-refractivity contribution in [3.63, 3.8) is 0 Å². The summed E-state index contributed by atoms with van der Waals surface area (Å²) in [6.45, 7) is 4.42. The molecule has 2 aliphatic heterocycles. The highest BCUT2D eigenvalue weighted by Crippen LogP contribution is 2.33. The Kier molecular flexibility index (Phi) is 8.46. The summed E-state index contributed by atoms with van der Waals surface area (Å²) in [4.78, 5) is 29.2. The molecule has 0 saturated carbocycles. The fraction of sp³-hybridized carbons (Fsp3) is 0.464. The van der Waals surface area contributed by atoms with Crippen LogP contribution >= 0.6 is 0 Å². The topological polar surface area (TPSA) is 70.5 Å². The number of hydrogen-bond donors (Lipinski definition) is 1. The van der Waals surface area contributed by atoms with Crippen molar-refractivity contribution in [2.45, 2.75) is 64.5 Å². The Balaban J connectivity index is 1.57. The molecule has 210 valence electrons. The maximum absolute atomic E-state index is 15.3. The molecule has 7 nitrogen and oxygen atoms in total. The lowest BCUT2D eigenvalue weighted by atomic mass is 9.92. The summed E-state index contributed by atoms with van der Waals surface area (Å²) in [5, 5.41) is 6.88. The van der Waals surface area contributed by atoms with Gasteiger partial charge in [0, 0.05) is 19.0 Å². The maximum atomic E-state index is 15.3. The summed E-state index contributed by atoms with van der Waals surface area (Å²) in [6.07, 6.45) is -1.01. The third-order valence-electron chi connectivity index (χ3n) is 7.20. The van der Waals surface area contributed by atoms with Crippen molar-refractivity contribution in [3.8, 4) is 0 Å². The number of hydrogen-bond acceptors (Lipinski definition) is 4. The van der Waals surface area contributed by atoms with Gasteiger partial charge in [0.1, 0.15) is 24.5 Å². The Morgan fingerprint density at radius 1 is 1.18 bits per heavy atom. The minimum Gasteiger partial charge on any atom is -0.345 e. The highest BCUT2D eigenvalue weighted by atomic mass is 19.3. The fourth-order valence-corrected chi connectivity index (χ4v) is 5.17. The second-order valence-electron chi connectivity index (χ2n) is 10.3. The quantitative estimate of drug-likeness (QED) is 0.387. The number of rotatable bonds is 8. The molecule has 0 radical (unpaired) electrons. The van der Waals surface area contributed by atoms with E-state index in [1.807, 2.05) is 26.0 Å². The Bertz CT molecular complexity index is 1260. The number of allylic oxidation sites excluding steroid dienone is 2. The highest BCUT2D eigenvalue weighted by molar-refractivity contribution is 5.88. The van der Waals surface area contributed by atoms with E-state index >= 15 is 4.39 Å². The van der Waals surface area contributed by atoms with E-state index in [4.69, 9.17) is 0 Å². The Morgan fingerprint density at radius 3 is 2.51 bits per heavy atom. The van der Waals surface area contributed by atoms with Gasteiger partial charge in [0.05, 0.1) is 24.3 Å². The number of amides is 2. The number of nitrogens with zero attached hydrogens (tertiary/aromatic N) is 4. The van der Waals surface area contributed by atoms with Crippen LogP contribution in [0.3, 0.4) is 0 Å². The van der Waals surface area contributed by atoms with Crippen LogP contribution in [0.2, 0.25) is 0 Å². The maximum Gasteiger partial charge on any atom is 0.280 e. The third-order valence-corrected chi connectivity index (χ3v) is 7.20. The van der Waals surface area contributed by atoms with Gasteiger partial charge in [0.2, 0.25) is 11.8 Å². The van der Waals surface area contributed by atoms with Crippen molar-refractivity contribution >= 4 is 11.8 Å². The van der Waals surface area contributed by atoms with E-state index in [1.54, 1.807) is 37.4 Å². The van der Waals surface area contributed by atoms with E-state index in [0.29, 0.717) is 16.8 Å². The summed E-state index contributed by atoms with van der Waals surface area (Å²) in [5.41, 5.74) is 1.13. The standard InChI is InChI=1S/C28H33F4N5O2/c1-16(2)20-10-11-21(35(4)27(20)32)25(18-8-6-5-7-9-18)33-28(39)23-13-19(29)14-36(23)24(38)15-37-22(26(30)31)12-17(3)34-37/h5-12,16,19,21,23,25-26H,13-15H2,1-4H3,(H,33,39)/t19-,21?,23+,25+/m1/s1. The van der Waals surface area contributed by atoms with E-state index in [1.165, 1.54) is 17.9 Å². The number of carbonyl (C=O) groups excluding carboxylic acids is 2. The highest BCUT2D eigenvalue weighted by Gasteiger charge is 2.42. The first kappa shape index (κ1) is 28.4. The predicted molar refractivity (Wildman–Crippen MR) is 138 cm³/mol. The van der Waals surface area contributed by atoms with Crippen molar-refractivity contribution in [1.29, 1.82) is 0 Å². The molecule has 11 heteroatoms. The SMILES string of the molecule is Cc1cc(C(F)F)n(CC(=O)N2C[C@H](F)C[C@H]2C(=O)N[C@@H](c2ccccc2)C2C=CC(C(C)C)=C(F)N2C)n1. The molecule has 2 aliphatic rings. The molecule has 2 aromatic rings. The Morgan fingerprint density at radius 2 is 1.87 bits per heavy atom. The van der Waals surface area contributed by atoms with E-state index in [0.717, 1.165) is 9.58 Å². The van der Waals surface area contributed by atoms with Gasteiger partial charge in [-0.15, -0.1) is 0 Å². The lowest BCUT2D eigenvalue weighted by Gasteiger charge is -2.38. The minimum atomic E-state index is -2.84. The monoisotopic (exact) mass is 547 g/mol. The van der Waals surface area contributed by atoms with Crippen LogP contribution in [-0.2, 0) is 16.1 Å². The largest absolute Gasteiger partial charge is 0.345 e. The van der Waals surface area contributed by atoms with Crippen LogP contribution in [0.15, 0.2) is 60.1 Å². The molecule has 1 aromatic heterocycles. The Labute approximate surface area is 225 Å². The van der Waals surface area contributed by atoms with E-state index in [9.17, 15) is 22.8 Å². The Hall–Kier alpha value is -3.63. The predicted octanol–water partition coefficient (Wildman–Crippen LogP) is 4.63. The molecule has 4 rings (SSSR count). The number of nitrogens with one attached hydrogen (secondary N) is 1. The summed E-state index contributed by atoms with van der Waals surface area (Å²) in [6, 6.07) is 7.72. The van der Waals surface area contributed by atoms with Crippen LogP contribution in [0.5, 0.6) is 0 Å². The molecule has 0 aliphatic carbocycles. The molecule has 39 heavy (non-hydrogen) atoms. The molecule has 1 fully saturated rings. The number of likely N-dealkylation sites (N-methyl/N-ethyl adjacent to an activating group) is 1. The lowest BCUT2D eigenvalue weighted by molar-refractivity contribution is -0.139. The summed E-state index contributed by atoms with van der Waals surface area (Å²) in [7, 11) is 1.60. The van der Waals surface area contributed by atoms with Gasteiger partial charge in [-0.1, -0.05) is 56.3 Å². The first-order chi connectivity index (χ1) is 18.5. The first-order valence-corrected chi connectivity index (χ1v) is 12.9. The summed E-state index contributed by atoms with van der Waals surface area (Å²) >= 11 is 0. The molecule has 1 saturated heterocycles. The van der Waals surface area contributed by atoms with Gasteiger partial charge in [-0.25, -0.2) is 13.2 Å². The fourth-order valence-electron chi connectivity index (χ4n) is 5.17. The molecule has 0 spiro atoms. The number of carbonyl (C=O) groups is 2. The van der Waals surface area contributed by atoms with Gasteiger partial charge < -0.3 is 15.1 Å². The van der Waals surface area contributed by atoms with E-state index in [-0.39, 0.29) is 18.9 Å². The number of benzene rings is 1. The van der Waals surface area contributed by atoms with Gasteiger partial charge in [0.15, 0.2) is 5.95 Å². The zero-order chi connectivity index (χ0) is 28.4. The van der Waals surface area contributed by atoms with Crippen LogP contribution in [0.1, 0.15) is 49.7 Å². The first-order valence-electron chi connectivity index (χ1n) is 12.9. The average Bonchev–Trinajstić information content (AvgIpc) is 3.47. The molecular weight excluding hydrogens is 514 g/mol. The molecular formula is C28H33F4N5O2. The normalized spacial score (nSPS) is 22.3. The molecule has 0 bridgehead atoms. The second kappa shape index (κ2) is 11.6. The average molecular weight is 548 g/mol. The second-order valence-corrected chi connectivity index (χ2v) is 10.3. The van der Waals surface area contributed by atoms with Crippen molar-refractivity contribution in [2.24, 2.45) is 5.92 Å². The zero-order valence-electron chi connectivity index (χ0n) is 22.3. The van der Waals surface area contributed by atoms with Crippen molar-refractivity contribution in [3.05, 3.63) is 77.0 Å². The minimum absolute atomic E-state index is 0.0434. The molecule has 1 unspecified atom stereocenters. The van der Waals surface area contributed by atoms with Crippen LogP contribution in [0.25, 0.3) is 0 Å². The van der Waals surface area contributed by atoms with E-state index in [2.05, 4.69) is 10.4 Å². The lowest BCUT2D eigenvalue weighted by Crippen LogP contribution is -2.51. The van der Waals surface area contributed by atoms with Crippen LogP contribution < -0.4 is 5.32 Å². The molecule has 2 amide bonds. The van der Waals surface area contributed by atoms with Gasteiger partial charge in [-0.3, -0.25) is 14.3 Å². The van der Waals surface area contributed by atoms with Gasteiger partial charge in [-0.2, -0.15) is 9.49 Å². The van der Waals surface area contributed by atoms with Crippen LogP contribution in [0.4, 0.5) is 17.6 Å². The van der Waals surface area contributed by atoms with E-state index < -0.39 is 60.7 Å². The number of likely N-dealkylation sites (tertiary alicyclic amines) is 1.